The van der Waals surface area contributed by atoms with Gasteiger partial charge in [-0.15, -0.1) is 0 Å². The Labute approximate surface area is 121 Å². The van der Waals surface area contributed by atoms with Crippen LogP contribution in [0.1, 0.15) is 73.1 Å². The average molecular weight is 271 g/mol. The molecule has 0 amide bonds. The molecule has 1 rings (SSSR count). The van der Waals surface area contributed by atoms with Gasteiger partial charge in [-0.05, 0) is 42.4 Å². The molecule has 6 atom stereocenters. The molecular formula is C17H34S. The molecule has 1 aliphatic rings. The van der Waals surface area contributed by atoms with Crippen molar-refractivity contribution < 1.29 is 0 Å². The zero-order chi connectivity index (χ0) is 13.7. The van der Waals surface area contributed by atoms with Crippen LogP contribution in [-0.4, -0.2) is 5.25 Å². The van der Waals surface area contributed by atoms with Gasteiger partial charge in [-0.25, -0.2) is 0 Å². The van der Waals surface area contributed by atoms with Crippen LogP contribution in [0.3, 0.4) is 0 Å². The highest BCUT2D eigenvalue weighted by molar-refractivity contribution is 7.81. The molecule has 0 nitrogen and oxygen atoms in total. The molecule has 1 fully saturated rings. The van der Waals surface area contributed by atoms with Crippen LogP contribution in [0, 0.1) is 29.6 Å². The molecule has 0 aromatic carbocycles. The van der Waals surface area contributed by atoms with Crippen LogP contribution in [0.25, 0.3) is 0 Å². The van der Waals surface area contributed by atoms with Crippen molar-refractivity contribution in [3.63, 3.8) is 0 Å². The summed E-state index contributed by atoms with van der Waals surface area (Å²) in [5.41, 5.74) is 0. The molecule has 0 saturated heterocycles. The maximum atomic E-state index is 4.73. The van der Waals surface area contributed by atoms with Crippen molar-refractivity contribution in [1.29, 1.82) is 0 Å². The summed E-state index contributed by atoms with van der Waals surface area (Å²) in [5.74, 6) is 4.51. The minimum Gasteiger partial charge on any atom is -0.176 e. The molecule has 6 unspecified atom stereocenters. The molecule has 0 bridgehead atoms. The van der Waals surface area contributed by atoms with E-state index in [0.717, 1.165) is 29.6 Å². The van der Waals surface area contributed by atoms with Crippen molar-refractivity contribution >= 4 is 12.6 Å². The lowest BCUT2D eigenvalue weighted by Gasteiger charge is -2.24. The van der Waals surface area contributed by atoms with Crippen LogP contribution >= 0.6 is 12.6 Å². The van der Waals surface area contributed by atoms with E-state index in [0.29, 0.717) is 5.25 Å². The first kappa shape index (κ1) is 16.4. The third-order valence-electron chi connectivity index (χ3n) is 5.71. The Kier molecular flexibility index (Phi) is 7.13. The maximum Gasteiger partial charge on any atom is 0.00478 e. The van der Waals surface area contributed by atoms with Crippen LogP contribution in [0.2, 0.25) is 0 Å². The quantitative estimate of drug-likeness (QED) is 0.554. The Balaban J connectivity index is 2.32. The van der Waals surface area contributed by atoms with Crippen molar-refractivity contribution in [3.8, 4) is 0 Å². The third kappa shape index (κ3) is 4.18. The van der Waals surface area contributed by atoms with Gasteiger partial charge < -0.3 is 0 Å². The largest absolute Gasteiger partial charge is 0.176 e. The van der Waals surface area contributed by atoms with E-state index in [1.807, 2.05) is 0 Å². The fourth-order valence-corrected chi connectivity index (χ4v) is 4.52. The highest BCUT2D eigenvalue weighted by atomic mass is 32.1. The van der Waals surface area contributed by atoms with Crippen molar-refractivity contribution in [2.75, 3.05) is 0 Å². The lowest BCUT2D eigenvalue weighted by atomic mass is 9.82. The van der Waals surface area contributed by atoms with E-state index in [-0.39, 0.29) is 0 Å². The summed E-state index contributed by atoms with van der Waals surface area (Å²) in [5, 5.41) is 0.654. The molecule has 0 aromatic rings. The topological polar surface area (TPSA) is 0 Å². The van der Waals surface area contributed by atoms with Gasteiger partial charge in [0.1, 0.15) is 0 Å². The summed E-state index contributed by atoms with van der Waals surface area (Å²) in [6.07, 6.45) is 8.35. The monoisotopic (exact) mass is 270 g/mol. The SMILES string of the molecule is CCC(C)C(CC)CCCC1C(C)CC(S)C1C. The second kappa shape index (κ2) is 7.82. The summed E-state index contributed by atoms with van der Waals surface area (Å²) in [4.78, 5) is 0. The van der Waals surface area contributed by atoms with Crippen molar-refractivity contribution in [2.24, 2.45) is 29.6 Å². The molecule has 0 aromatic heterocycles. The van der Waals surface area contributed by atoms with Crippen LogP contribution in [0.15, 0.2) is 0 Å². The Morgan fingerprint density at radius 2 is 1.83 bits per heavy atom. The van der Waals surface area contributed by atoms with Crippen molar-refractivity contribution in [1.82, 2.24) is 0 Å². The van der Waals surface area contributed by atoms with E-state index in [2.05, 4.69) is 34.6 Å². The van der Waals surface area contributed by atoms with Gasteiger partial charge in [0, 0.05) is 5.25 Å². The molecule has 0 spiro atoms. The number of rotatable bonds is 7. The van der Waals surface area contributed by atoms with Gasteiger partial charge in [-0.2, -0.15) is 12.6 Å². The molecule has 1 heteroatoms. The molecule has 0 aliphatic heterocycles. The number of hydrogen-bond acceptors (Lipinski definition) is 1. The summed E-state index contributed by atoms with van der Waals surface area (Å²) in [6.45, 7) is 12.0. The summed E-state index contributed by atoms with van der Waals surface area (Å²) in [7, 11) is 0. The van der Waals surface area contributed by atoms with E-state index < -0.39 is 0 Å². The van der Waals surface area contributed by atoms with Gasteiger partial charge >= 0.3 is 0 Å². The zero-order valence-corrected chi connectivity index (χ0v) is 14.0. The minimum absolute atomic E-state index is 0.654. The van der Waals surface area contributed by atoms with Gasteiger partial charge in [0.15, 0.2) is 0 Å². The number of hydrogen-bond donors (Lipinski definition) is 1. The lowest BCUT2D eigenvalue weighted by Crippen LogP contribution is -2.15. The van der Waals surface area contributed by atoms with Crippen molar-refractivity contribution in [3.05, 3.63) is 0 Å². The Morgan fingerprint density at radius 1 is 1.17 bits per heavy atom. The predicted octanol–water partition coefficient (Wildman–Crippen LogP) is 5.82. The molecule has 1 aliphatic carbocycles. The summed E-state index contributed by atoms with van der Waals surface area (Å²) in [6, 6.07) is 0. The highest BCUT2D eigenvalue weighted by Gasteiger charge is 2.35. The van der Waals surface area contributed by atoms with Crippen molar-refractivity contribution in [2.45, 2.75) is 78.4 Å². The normalized spacial score (nSPS) is 35.7. The Bertz CT molecular complexity index is 226. The zero-order valence-electron chi connectivity index (χ0n) is 13.2. The Hall–Kier alpha value is 0.350. The fourth-order valence-electron chi connectivity index (χ4n) is 3.96. The molecule has 108 valence electrons. The maximum absolute atomic E-state index is 4.73. The number of thiol groups is 1. The average Bonchev–Trinajstić information content (AvgIpc) is 2.59. The first-order chi connectivity index (χ1) is 8.51. The second-order valence-corrected chi connectivity index (χ2v) is 7.45. The predicted molar refractivity (Wildman–Crippen MR) is 86.3 cm³/mol. The van der Waals surface area contributed by atoms with E-state index in [1.165, 1.54) is 38.5 Å². The van der Waals surface area contributed by atoms with Crippen LogP contribution in [0.5, 0.6) is 0 Å². The molecule has 0 heterocycles. The first-order valence-corrected chi connectivity index (χ1v) is 8.70. The fraction of sp³-hybridized carbons (Fsp3) is 1.00. The Morgan fingerprint density at radius 3 is 2.28 bits per heavy atom. The van der Waals surface area contributed by atoms with Crippen LogP contribution in [-0.2, 0) is 0 Å². The second-order valence-electron chi connectivity index (χ2n) is 6.79. The molecular weight excluding hydrogens is 236 g/mol. The van der Waals surface area contributed by atoms with E-state index in [4.69, 9.17) is 12.6 Å². The van der Waals surface area contributed by atoms with Crippen LogP contribution in [0.4, 0.5) is 0 Å². The molecule has 0 N–H and O–H groups in total. The third-order valence-corrected chi connectivity index (χ3v) is 6.39. The molecule has 0 radical (unpaired) electrons. The highest BCUT2D eigenvalue weighted by Crippen LogP contribution is 2.42. The first-order valence-electron chi connectivity index (χ1n) is 8.19. The van der Waals surface area contributed by atoms with Gasteiger partial charge in [0.2, 0.25) is 0 Å². The van der Waals surface area contributed by atoms with Gasteiger partial charge in [-0.3, -0.25) is 0 Å². The molecule has 18 heavy (non-hydrogen) atoms. The summed E-state index contributed by atoms with van der Waals surface area (Å²) >= 11 is 4.73. The van der Waals surface area contributed by atoms with Crippen LogP contribution < -0.4 is 0 Å². The minimum atomic E-state index is 0.654. The van der Waals surface area contributed by atoms with E-state index in [1.54, 1.807) is 0 Å². The van der Waals surface area contributed by atoms with E-state index >= 15 is 0 Å². The lowest BCUT2D eigenvalue weighted by molar-refractivity contribution is 0.269. The van der Waals surface area contributed by atoms with Gasteiger partial charge in [-0.1, -0.05) is 60.3 Å². The molecule has 1 saturated carbocycles. The summed E-state index contributed by atoms with van der Waals surface area (Å²) < 4.78 is 0. The van der Waals surface area contributed by atoms with Gasteiger partial charge in [0.05, 0.1) is 0 Å². The van der Waals surface area contributed by atoms with Gasteiger partial charge in [0.25, 0.3) is 0 Å². The standard InChI is InChI=1S/C17H34S/c1-6-12(3)15(7-2)9-8-10-16-13(4)11-17(18)14(16)5/h12-18H,6-11H2,1-5H3. The smallest absolute Gasteiger partial charge is 0.00478 e. The van der Waals surface area contributed by atoms with E-state index in [9.17, 15) is 0 Å².